The minimum atomic E-state index is -4.03. The van der Waals surface area contributed by atoms with Crippen molar-refractivity contribution >= 4 is 27.4 Å². The SMILES string of the molecule is CC(Cc1nnn(-c2cc(C)on2)n1)=NOS(=O)(=O)c1ccc(Cl)cc1. The maximum Gasteiger partial charge on any atom is 0.358 e. The zero-order valence-electron chi connectivity index (χ0n) is 13.7. The molecule has 0 bridgehead atoms. The van der Waals surface area contributed by atoms with Crippen molar-refractivity contribution in [2.75, 3.05) is 0 Å². The quantitative estimate of drug-likeness (QED) is 0.457. The highest BCUT2D eigenvalue weighted by Gasteiger charge is 2.16. The van der Waals surface area contributed by atoms with Gasteiger partial charge >= 0.3 is 10.1 Å². The van der Waals surface area contributed by atoms with E-state index in [1.54, 1.807) is 19.9 Å². The Bertz CT molecular complexity index is 1040. The summed E-state index contributed by atoms with van der Waals surface area (Å²) in [5.41, 5.74) is 0.346. The smallest absolute Gasteiger partial charge is 0.358 e. The van der Waals surface area contributed by atoms with Gasteiger partial charge in [0.15, 0.2) is 5.82 Å². The van der Waals surface area contributed by atoms with Crippen LogP contribution in [0.25, 0.3) is 5.82 Å². The van der Waals surface area contributed by atoms with Gasteiger partial charge in [0.25, 0.3) is 0 Å². The fourth-order valence-corrected chi connectivity index (χ4v) is 2.78. The number of oxime groups is 1. The Hall–Kier alpha value is -2.79. The van der Waals surface area contributed by atoms with Crippen LogP contribution in [0, 0.1) is 6.92 Å². The maximum atomic E-state index is 12.1. The number of halogens is 1. The summed E-state index contributed by atoms with van der Waals surface area (Å²) in [6.07, 6.45) is 0.146. The first-order valence-corrected chi connectivity index (χ1v) is 9.07. The molecule has 0 aliphatic heterocycles. The van der Waals surface area contributed by atoms with Crippen LogP contribution in [0.3, 0.4) is 0 Å². The summed E-state index contributed by atoms with van der Waals surface area (Å²) in [6, 6.07) is 7.20. The number of rotatable bonds is 6. The van der Waals surface area contributed by atoms with Crippen molar-refractivity contribution in [1.29, 1.82) is 0 Å². The highest BCUT2D eigenvalue weighted by Crippen LogP contribution is 2.16. The predicted molar refractivity (Wildman–Crippen MR) is 90.5 cm³/mol. The highest BCUT2D eigenvalue weighted by atomic mass is 35.5. The molecule has 0 fully saturated rings. The first-order chi connectivity index (χ1) is 12.3. The topological polar surface area (TPSA) is 125 Å². The average Bonchev–Trinajstić information content (AvgIpc) is 3.22. The fraction of sp³-hybridized carbons (Fsp3) is 0.214. The lowest BCUT2D eigenvalue weighted by Gasteiger charge is -2.02. The van der Waals surface area contributed by atoms with E-state index in [4.69, 9.17) is 20.4 Å². The Morgan fingerprint density at radius 2 is 2.08 bits per heavy atom. The van der Waals surface area contributed by atoms with Crippen LogP contribution in [0.15, 0.2) is 44.9 Å². The van der Waals surface area contributed by atoms with E-state index in [-0.39, 0.29) is 11.3 Å². The second-order valence-corrected chi connectivity index (χ2v) is 7.24. The van der Waals surface area contributed by atoms with Crippen molar-refractivity contribution in [3.63, 3.8) is 0 Å². The van der Waals surface area contributed by atoms with Crippen molar-refractivity contribution in [3.8, 4) is 5.82 Å². The van der Waals surface area contributed by atoms with E-state index in [2.05, 4.69) is 25.7 Å². The molecular weight excluding hydrogens is 384 g/mol. The van der Waals surface area contributed by atoms with Crippen LogP contribution in [0.1, 0.15) is 18.5 Å². The monoisotopic (exact) mass is 396 g/mol. The molecule has 0 aliphatic carbocycles. The minimum absolute atomic E-state index is 0.0519. The van der Waals surface area contributed by atoms with Gasteiger partial charge in [-0.1, -0.05) is 21.9 Å². The molecule has 2 aromatic heterocycles. The van der Waals surface area contributed by atoms with Crippen molar-refractivity contribution in [2.45, 2.75) is 25.2 Å². The third-order valence-corrected chi connectivity index (χ3v) is 4.46. The summed E-state index contributed by atoms with van der Waals surface area (Å²) in [5, 5.41) is 19.6. The molecule has 3 rings (SSSR count). The molecule has 136 valence electrons. The van der Waals surface area contributed by atoms with Crippen LogP contribution in [0.4, 0.5) is 0 Å². The molecule has 0 spiro atoms. The third kappa shape index (κ3) is 4.24. The number of tetrazole rings is 1. The van der Waals surface area contributed by atoms with Crippen LogP contribution < -0.4 is 0 Å². The van der Waals surface area contributed by atoms with E-state index in [0.717, 1.165) is 0 Å². The van der Waals surface area contributed by atoms with Crippen molar-refractivity contribution in [3.05, 3.63) is 46.9 Å². The summed E-state index contributed by atoms with van der Waals surface area (Å²) in [6.45, 7) is 3.32. The number of benzene rings is 1. The third-order valence-electron chi connectivity index (χ3n) is 3.08. The molecule has 0 amide bonds. The Balaban J connectivity index is 1.67. The number of nitrogens with zero attached hydrogens (tertiary/aromatic N) is 6. The van der Waals surface area contributed by atoms with E-state index in [1.807, 2.05) is 0 Å². The molecule has 12 heteroatoms. The molecule has 0 radical (unpaired) electrons. The van der Waals surface area contributed by atoms with Gasteiger partial charge < -0.3 is 4.52 Å². The molecule has 0 unspecified atom stereocenters. The van der Waals surface area contributed by atoms with Gasteiger partial charge in [-0.2, -0.15) is 8.42 Å². The summed E-state index contributed by atoms with van der Waals surface area (Å²) < 4.78 is 33.7. The zero-order valence-corrected chi connectivity index (χ0v) is 15.3. The Morgan fingerprint density at radius 1 is 1.35 bits per heavy atom. The first-order valence-electron chi connectivity index (χ1n) is 7.29. The van der Waals surface area contributed by atoms with Gasteiger partial charge in [-0.3, -0.25) is 4.28 Å². The van der Waals surface area contributed by atoms with E-state index >= 15 is 0 Å². The summed E-state index contributed by atoms with van der Waals surface area (Å²) in [7, 11) is -4.03. The molecular formula is C14H13ClN6O4S. The van der Waals surface area contributed by atoms with E-state index in [0.29, 0.717) is 28.1 Å². The largest absolute Gasteiger partial charge is 0.359 e. The molecule has 1 aromatic carbocycles. The van der Waals surface area contributed by atoms with Crippen molar-refractivity contribution in [1.82, 2.24) is 25.4 Å². The maximum absolute atomic E-state index is 12.1. The van der Waals surface area contributed by atoms with Gasteiger partial charge in [0.2, 0.25) is 5.82 Å². The second-order valence-electron chi connectivity index (χ2n) is 5.28. The molecule has 10 nitrogen and oxygen atoms in total. The molecule has 0 saturated heterocycles. The fourth-order valence-electron chi connectivity index (χ4n) is 1.88. The van der Waals surface area contributed by atoms with Gasteiger partial charge in [0.1, 0.15) is 10.7 Å². The van der Waals surface area contributed by atoms with Gasteiger partial charge in [-0.25, -0.2) is 0 Å². The molecule has 0 saturated carbocycles. The molecule has 2 heterocycles. The Kier molecular flexibility index (Phi) is 5.00. The molecule has 3 aromatic rings. The highest BCUT2D eigenvalue weighted by molar-refractivity contribution is 7.86. The lowest BCUT2D eigenvalue weighted by atomic mass is 10.3. The van der Waals surface area contributed by atoms with E-state index in [9.17, 15) is 8.42 Å². The number of aromatic nitrogens is 5. The van der Waals surface area contributed by atoms with E-state index in [1.165, 1.54) is 29.1 Å². The van der Waals surface area contributed by atoms with Crippen LogP contribution in [-0.2, 0) is 20.8 Å². The standard InChI is InChI=1S/C14H13ClN6O4S/c1-9(18-25-26(22,23)12-5-3-11(15)4-6-12)7-13-16-20-21(17-13)14-8-10(2)24-19-14/h3-6,8H,7H2,1-2H3. The van der Waals surface area contributed by atoms with Gasteiger partial charge in [0, 0.05) is 11.1 Å². The predicted octanol–water partition coefficient (Wildman–Crippen LogP) is 1.94. The van der Waals surface area contributed by atoms with Crippen LogP contribution in [-0.4, -0.2) is 39.5 Å². The van der Waals surface area contributed by atoms with E-state index < -0.39 is 10.1 Å². The first kappa shape index (κ1) is 18.0. The lowest BCUT2D eigenvalue weighted by Crippen LogP contribution is -2.07. The molecule has 26 heavy (non-hydrogen) atoms. The average molecular weight is 397 g/mol. The summed E-state index contributed by atoms with van der Waals surface area (Å²) in [4.78, 5) is 1.15. The molecule has 0 atom stereocenters. The molecule has 0 N–H and O–H groups in total. The van der Waals surface area contributed by atoms with Crippen LogP contribution >= 0.6 is 11.6 Å². The van der Waals surface area contributed by atoms with Crippen molar-refractivity contribution < 1.29 is 17.2 Å². The van der Waals surface area contributed by atoms with Crippen LogP contribution in [0.2, 0.25) is 5.02 Å². The summed E-state index contributed by atoms with van der Waals surface area (Å²) in [5.74, 6) is 1.31. The normalized spacial score (nSPS) is 12.3. The Labute approximate surface area is 153 Å². The number of hydrogen-bond acceptors (Lipinski definition) is 9. The minimum Gasteiger partial charge on any atom is -0.359 e. The number of hydrogen-bond donors (Lipinski definition) is 0. The zero-order chi connectivity index (χ0) is 18.7. The molecule has 0 aliphatic rings. The lowest BCUT2D eigenvalue weighted by molar-refractivity contribution is 0.337. The van der Waals surface area contributed by atoms with Crippen LogP contribution in [0.5, 0.6) is 0 Å². The van der Waals surface area contributed by atoms with Gasteiger partial charge in [-0.15, -0.1) is 15.0 Å². The Morgan fingerprint density at radius 3 is 2.73 bits per heavy atom. The van der Waals surface area contributed by atoms with Gasteiger partial charge in [0.05, 0.1) is 12.1 Å². The summed E-state index contributed by atoms with van der Waals surface area (Å²) >= 11 is 5.73. The van der Waals surface area contributed by atoms with Gasteiger partial charge in [-0.05, 0) is 43.3 Å². The second kappa shape index (κ2) is 7.22. The van der Waals surface area contributed by atoms with Crippen molar-refractivity contribution in [2.24, 2.45) is 5.16 Å². The number of aryl methyl sites for hydroxylation is 1.